The maximum atomic E-state index is 10.6. The molecule has 2 unspecified atom stereocenters. The van der Waals surface area contributed by atoms with Gasteiger partial charge in [-0.2, -0.15) is 0 Å². The average molecular weight is 259 g/mol. The molecule has 3 nitrogen and oxygen atoms in total. The van der Waals surface area contributed by atoms with Crippen LogP contribution in [0.3, 0.4) is 0 Å². The highest BCUT2D eigenvalue weighted by Gasteiger charge is 2.33. The summed E-state index contributed by atoms with van der Waals surface area (Å²) in [5.41, 5.74) is 0.672. The van der Waals surface area contributed by atoms with Crippen LogP contribution in [-0.4, -0.2) is 23.3 Å². The second-order valence-electron chi connectivity index (χ2n) is 5.92. The van der Waals surface area contributed by atoms with Crippen molar-refractivity contribution in [2.24, 2.45) is 5.41 Å². The van der Waals surface area contributed by atoms with E-state index in [1.807, 2.05) is 30.5 Å². The Bertz CT molecular complexity index is 555. The Morgan fingerprint density at radius 1 is 1.16 bits per heavy atom. The Hall–Kier alpha value is -1.45. The van der Waals surface area contributed by atoms with E-state index < -0.39 is 6.10 Å². The van der Waals surface area contributed by atoms with E-state index in [4.69, 9.17) is 4.74 Å². The molecule has 19 heavy (non-hydrogen) atoms. The van der Waals surface area contributed by atoms with Gasteiger partial charge in [-0.1, -0.05) is 45.0 Å². The third kappa shape index (κ3) is 2.77. The Kier molecular flexibility index (Phi) is 3.88. The van der Waals surface area contributed by atoms with E-state index in [1.54, 1.807) is 13.3 Å². The van der Waals surface area contributed by atoms with Gasteiger partial charge in [-0.3, -0.25) is 4.98 Å². The Labute approximate surface area is 114 Å². The number of methoxy groups -OCH3 is 1. The predicted molar refractivity (Wildman–Crippen MR) is 77.0 cm³/mol. The van der Waals surface area contributed by atoms with E-state index in [0.717, 1.165) is 16.3 Å². The van der Waals surface area contributed by atoms with Crippen LogP contribution >= 0.6 is 0 Å². The van der Waals surface area contributed by atoms with Crippen molar-refractivity contribution < 1.29 is 9.84 Å². The normalized spacial score (nSPS) is 15.4. The molecule has 0 aliphatic rings. The first kappa shape index (κ1) is 14.0. The topological polar surface area (TPSA) is 42.4 Å². The summed E-state index contributed by atoms with van der Waals surface area (Å²) in [6, 6.07) is 7.94. The van der Waals surface area contributed by atoms with Gasteiger partial charge in [0, 0.05) is 30.5 Å². The number of aliphatic hydroxyl groups is 1. The molecule has 2 rings (SSSR count). The molecule has 0 radical (unpaired) electrons. The highest BCUT2D eigenvalue weighted by Crippen LogP contribution is 2.34. The van der Waals surface area contributed by atoms with Crippen molar-refractivity contribution in [1.29, 1.82) is 0 Å². The van der Waals surface area contributed by atoms with Gasteiger partial charge in [0.2, 0.25) is 0 Å². The molecule has 0 fully saturated rings. The number of nitrogens with zero attached hydrogens (tertiary/aromatic N) is 1. The molecule has 1 aromatic carbocycles. The van der Waals surface area contributed by atoms with Gasteiger partial charge in [0.05, 0.1) is 6.10 Å². The van der Waals surface area contributed by atoms with Crippen LogP contribution in [0.4, 0.5) is 0 Å². The summed E-state index contributed by atoms with van der Waals surface area (Å²) in [6.07, 6.45) is 2.57. The van der Waals surface area contributed by atoms with E-state index in [9.17, 15) is 5.11 Å². The fourth-order valence-electron chi connectivity index (χ4n) is 2.49. The molecule has 0 aliphatic carbocycles. The number of ether oxygens (including phenoxy) is 1. The van der Waals surface area contributed by atoms with E-state index in [2.05, 4.69) is 25.8 Å². The van der Waals surface area contributed by atoms with Gasteiger partial charge in [-0.25, -0.2) is 0 Å². The lowest BCUT2D eigenvalue weighted by atomic mass is 9.83. The van der Waals surface area contributed by atoms with E-state index in [0.29, 0.717) is 0 Å². The molecular formula is C16H21NO2. The summed E-state index contributed by atoms with van der Waals surface area (Å²) in [4.78, 5) is 4.22. The van der Waals surface area contributed by atoms with Crippen molar-refractivity contribution in [1.82, 2.24) is 4.98 Å². The summed E-state index contributed by atoms with van der Waals surface area (Å²) in [6.45, 7) is 6.18. The lowest BCUT2D eigenvalue weighted by Gasteiger charge is -2.33. The number of pyridine rings is 1. The molecule has 3 heteroatoms. The van der Waals surface area contributed by atoms with Gasteiger partial charge >= 0.3 is 0 Å². The number of aliphatic hydroxyl groups excluding tert-OH is 1. The largest absolute Gasteiger partial charge is 0.386 e. The van der Waals surface area contributed by atoms with Crippen molar-refractivity contribution in [3.8, 4) is 0 Å². The van der Waals surface area contributed by atoms with Crippen LogP contribution in [0, 0.1) is 5.41 Å². The number of hydrogen-bond donors (Lipinski definition) is 1. The lowest BCUT2D eigenvalue weighted by Crippen LogP contribution is -2.34. The highest BCUT2D eigenvalue weighted by atomic mass is 16.5. The minimum atomic E-state index is -0.691. The molecule has 2 atom stereocenters. The number of fused-ring (bicyclic) bond motifs is 1. The average Bonchev–Trinajstić information content (AvgIpc) is 2.37. The fourth-order valence-corrected chi connectivity index (χ4v) is 2.49. The first-order valence-electron chi connectivity index (χ1n) is 6.48. The van der Waals surface area contributed by atoms with Gasteiger partial charge < -0.3 is 9.84 Å². The van der Waals surface area contributed by atoms with Gasteiger partial charge in [-0.15, -0.1) is 0 Å². The van der Waals surface area contributed by atoms with Crippen molar-refractivity contribution >= 4 is 10.8 Å². The number of aromatic nitrogens is 1. The minimum Gasteiger partial charge on any atom is -0.386 e. The maximum absolute atomic E-state index is 10.6. The van der Waals surface area contributed by atoms with Crippen LogP contribution in [0.2, 0.25) is 0 Å². The van der Waals surface area contributed by atoms with Gasteiger partial charge in [0.15, 0.2) is 0 Å². The molecule has 1 N–H and O–H groups in total. The van der Waals surface area contributed by atoms with Gasteiger partial charge in [-0.05, 0) is 10.8 Å². The monoisotopic (exact) mass is 259 g/mol. The van der Waals surface area contributed by atoms with E-state index in [1.165, 1.54) is 0 Å². The molecule has 1 heterocycles. The maximum Gasteiger partial charge on any atom is 0.108 e. The summed E-state index contributed by atoms with van der Waals surface area (Å²) >= 11 is 0. The van der Waals surface area contributed by atoms with Crippen LogP contribution in [-0.2, 0) is 4.74 Å². The van der Waals surface area contributed by atoms with Crippen LogP contribution in [0.5, 0.6) is 0 Å². The fraction of sp³-hybridized carbons (Fsp3) is 0.438. The highest BCUT2D eigenvalue weighted by molar-refractivity contribution is 5.84. The molecule has 0 saturated heterocycles. The van der Waals surface area contributed by atoms with Crippen molar-refractivity contribution in [3.63, 3.8) is 0 Å². The van der Waals surface area contributed by atoms with Crippen molar-refractivity contribution in [2.75, 3.05) is 7.11 Å². The molecule has 0 bridgehead atoms. The van der Waals surface area contributed by atoms with Gasteiger partial charge in [0.1, 0.15) is 6.10 Å². The zero-order chi connectivity index (χ0) is 14.0. The summed E-state index contributed by atoms with van der Waals surface area (Å²) in [7, 11) is 1.64. The molecule has 0 spiro atoms. The predicted octanol–water partition coefficient (Wildman–Crippen LogP) is 3.33. The summed E-state index contributed by atoms with van der Waals surface area (Å²) in [5, 5.41) is 12.7. The molecule has 102 valence electrons. The van der Waals surface area contributed by atoms with Crippen LogP contribution < -0.4 is 0 Å². The smallest absolute Gasteiger partial charge is 0.108 e. The Balaban J connectivity index is 2.49. The van der Waals surface area contributed by atoms with Crippen LogP contribution in [0.15, 0.2) is 36.7 Å². The quantitative estimate of drug-likeness (QED) is 0.919. The summed E-state index contributed by atoms with van der Waals surface area (Å²) < 4.78 is 5.50. The molecule has 1 aromatic heterocycles. The Morgan fingerprint density at radius 2 is 1.84 bits per heavy atom. The summed E-state index contributed by atoms with van der Waals surface area (Å²) in [5.74, 6) is 0. The Morgan fingerprint density at radius 3 is 2.47 bits per heavy atom. The zero-order valence-corrected chi connectivity index (χ0v) is 11.9. The molecule has 0 saturated carbocycles. The SMILES string of the molecule is COC(C(O)c1cncc2ccccc12)C(C)(C)C. The lowest BCUT2D eigenvalue weighted by molar-refractivity contribution is -0.0719. The minimum absolute atomic E-state index is 0.148. The van der Waals surface area contributed by atoms with Crippen molar-refractivity contribution in [3.05, 3.63) is 42.2 Å². The molecule has 0 amide bonds. The first-order chi connectivity index (χ1) is 8.95. The molecular weight excluding hydrogens is 238 g/mol. The van der Waals surface area contributed by atoms with Crippen LogP contribution in [0.1, 0.15) is 32.4 Å². The number of hydrogen-bond acceptors (Lipinski definition) is 3. The third-order valence-electron chi connectivity index (χ3n) is 3.41. The third-order valence-corrected chi connectivity index (χ3v) is 3.41. The standard InChI is InChI=1S/C16H21NO2/c1-16(2,3)15(19-4)14(18)13-10-17-9-11-7-5-6-8-12(11)13/h5-10,14-15,18H,1-4H3. The second-order valence-corrected chi connectivity index (χ2v) is 5.92. The van der Waals surface area contributed by atoms with Gasteiger partial charge in [0.25, 0.3) is 0 Å². The number of benzene rings is 1. The van der Waals surface area contributed by atoms with Crippen molar-refractivity contribution in [2.45, 2.75) is 33.0 Å². The molecule has 0 aliphatic heterocycles. The molecule has 2 aromatic rings. The van der Waals surface area contributed by atoms with E-state index in [-0.39, 0.29) is 11.5 Å². The first-order valence-corrected chi connectivity index (χ1v) is 6.48. The number of rotatable bonds is 3. The van der Waals surface area contributed by atoms with E-state index >= 15 is 0 Å². The second kappa shape index (κ2) is 5.27. The zero-order valence-electron chi connectivity index (χ0n) is 11.9. The van der Waals surface area contributed by atoms with Crippen LogP contribution in [0.25, 0.3) is 10.8 Å².